The van der Waals surface area contributed by atoms with Crippen LogP contribution in [0.25, 0.3) is 21.8 Å². The van der Waals surface area contributed by atoms with Gasteiger partial charge in [0.05, 0.1) is 25.3 Å². The molecule has 0 aliphatic heterocycles. The maximum Gasteiger partial charge on any atom is 0.338 e. The number of hydrogen-bond acceptors (Lipinski definition) is 3. The largest absolute Gasteiger partial charge is 0.495 e. The average Bonchev–Trinajstić information content (AvgIpc) is 3.03. The van der Waals surface area contributed by atoms with Gasteiger partial charge in [0.1, 0.15) is 11.6 Å². The van der Waals surface area contributed by atoms with Crippen LogP contribution in [0.4, 0.5) is 4.39 Å². The predicted octanol–water partition coefficient (Wildman–Crippen LogP) is 4.78. The quantitative estimate of drug-likeness (QED) is 0.490. The zero-order valence-corrected chi connectivity index (χ0v) is 15.0. The van der Waals surface area contributed by atoms with Gasteiger partial charge in [-0.05, 0) is 35.9 Å². The molecule has 0 aliphatic rings. The van der Waals surface area contributed by atoms with Crippen molar-refractivity contribution in [3.63, 3.8) is 0 Å². The first-order chi connectivity index (χ1) is 13.1. The van der Waals surface area contributed by atoms with Gasteiger partial charge in [-0.1, -0.05) is 30.3 Å². The zero-order valence-electron chi connectivity index (χ0n) is 15.0. The van der Waals surface area contributed by atoms with E-state index < -0.39 is 5.97 Å². The highest BCUT2D eigenvalue weighted by Gasteiger charge is 2.21. The van der Waals surface area contributed by atoms with Gasteiger partial charge in [-0.25, -0.2) is 9.18 Å². The molecule has 0 saturated carbocycles. The minimum atomic E-state index is -0.396. The smallest absolute Gasteiger partial charge is 0.338 e. The maximum absolute atomic E-state index is 13.3. The number of ether oxygens (including phenoxy) is 2. The number of aromatic nitrogens is 1. The number of halogens is 1. The summed E-state index contributed by atoms with van der Waals surface area (Å²) in [6.07, 6.45) is 0. The van der Waals surface area contributed by atoms with Gasteiger partial charge in [0.2, 0.25) is 0 Å². The lowest BCUT2D eigenvalue weighted by atomic mass is 10.1. The molecule has 1 aromatic heterocycles. The Balaban J connectivity index is 2.06. The molecule has 4 nitrogen and oxygen atoms in total. The van der Waals surface area contributed by atoms with Crippen molar-refractivity contribution in [2.75, 3.05) is 14.2 Å². The maximum atomic E-state index is 13.3. The van der Waals surface area contributed by atoms with Crippen LogP contribution in [0.15, 0.2) is 60.7 Å². The first kappa shape index (κ1) is 17.1. The van der Waals surface area contributed by atoms with E-state index in [4.69, 9.17) is 9.47 Å². The van der Waals surface area contributed by atoms with E-state index >= 15 is 0 Å². The van der Waals surface area contributed by atoms with Crippen LogP contribution in [0, 0.1) is 5.82 Å². The van der Waals surface area contributed by atoms with Gasteiger partial charge in [0.25, 0.3) is 0 Å². The summed E-state index contributed by atoms with van der Waals surface area (Å²) in [6.45, 7) is 0.519. The number of carbonyl (C=O) groups excluding carboxylic acids is 1. The molecule has 4 aromatic rings. The van der Waals surface area contributed by atoms with E-state index in [2.05, 4.69) is 4.57 Å². The van der Waals surface area contributed by atoms with Gasteiger partial charge in [-0.3, -0.25) is 0 Å². The zero-order chi connectivity index (χ0) is 19.0. The van der Waals surface area contributed by atoms with E-state index in [0.29, 0.717) is 17.9 Å². The molecule has 5 heteroatoms. The second kappa shape index (κ2) is 6.76. The third-order valence-electron chi connectivity index (χ3n) is 4.75. The van der Waals surface area contributed by atoms with E-state index in [0.717, 1.165) is 27.4 Å². The highest BCUT2D eigenvalue weighted by molar-refractivity contribution is 6.18. The normalized spacial score (nSPS) is 11.1. The number of carbonyl (C=O) groups is 1. The molecule has 0 N–H and O–H groups in total. The van der Waals surface area contributed by atoms with Crippen molar-refractivity contribution in [2.24, 2.45) is 0 Å². The fourth-order valence-corrected chi connectivity index (χ4v) is 3.53. The van der Waals surface area contributed by atoms with Crippen LogP contribution in [-0.2, 0) is 11.3 Å². The minimum Gasteiger partial charge on any atom is -0.495 e. The van der Waals surface area contributed by atoms with Crippen molar-refractivity contribution in [3.8, 4) is 5.75 Å². The van der Waals surface area contributed by atoms with Crippen LogP contribution in [0.5, 0.6) is 5.75 Å². The highest BCUT2D eigenvalue weighted by Crippen LogP contribution is 2.38. The fraction of sp³-hybridized carbons (Fsp3) is 0.136. The Bertz CT molecular complexity index is 1150. The summed E-state index contributed by atoms with van der Waals surface area (Å²) in [7, 11) is 2.97. The number of benzene rings is 3. The predicted molar refractivity (Wildman–Crippen MR) is 103 cm³/mol. The van der Waals surface area contributed by atoms with E-state index in [-0.39, 0.29) is 5.82 Å². The molecule has 0 amide bonds. The van der Waals surface area contributed by atoms with Gasteiger partial charge in [-0.15, -0.1) is 0 Å². The van der Waals surface area contributed by atoms with Gasteiger partial charge < -0.3 is 14.0 Å². The van der Waals surface area contributed by atoms with Crippen molar-refractivity contribution in [1.29, 1.82) is 0 Å². The number of esters is 1. The molecule has 3 aromatic carbocycles. The number of fused-ring (bicyclic) bond motifs is 3. The third kappa shape index (κ3) is 2.81. The standard InChI is InChI=1S/C22H18FNO3/c1-26-19-12-11-17(22(25)27-2)20-16-5-3-4-6-18(16)24(21(19)20)13-14-7-9-15(23)10-8-14/h3-12H,13H2,1-2H3. The van der Waals surface area contributed by atoms with Crippen molar-refractivity contribution >= 4 is 27.8 Å². The fourth-order valence-electron chi connectivity index (χ4n) is 3.53. The number of rotatable bonds is 4. The van der Waals surface area contributed by atoms with Crippen LogP contribution in [0.3, 0.4) is 0 Å². The molecule has 0 radical (unpaired) electrons. The summed E-state index contributed by atoms with van der Waals surface area (Å²) < 4.78 is 25.9. The molecule has 0 unspecified atom stereocenters. The Morgan fingerprint density at radius 1 is 1.00 bits per heavy atom. The number of methoxy groups -OCH3 is 2. The molecule has 4 rings (SSSR count). The summed E-state index contributed by atoms with van der Waals surface area (Å²) in [5, 5.41) is 1.73. The lowest BCUT2D eigenvalue weighted by molar-refractivity contribution is 0.0603. The van der Waals surface area contributed by atoms with Crippen LogP contribution < -0.4 is 4.74 Å². The summed E-state index contributed by atoms with van der Waals surface area (Å²) in [4.78, 5) is 12.4. The van der Waals surface area contributed by atoms with E-state index in [1.807, 2.05) is 24.3 Å². The topological polar surface area (TPSA) is 40.5 Å². The molecule has 136 valence electrons. The van der Waals surface area contributed by atoms with Crippen molar-refractivity contribution in [1.82, 2.24) is 4.57 Å². The Kier molecular flexibility index (Phi) is 4.28. The summed E-state index contributed by atoms with van der Waals surface area (Å²) in [5.41, 5.74) is 3.21. The minimum absolute atomic E-state index is 0.272. The second-order valence-corrected chi connectivity index (χ2v) is 6.26. The molecular weight excluding hydrogens is 345 g/mol. The second-order valence-electron chi connectivity index (χ2n) is 6.26. The molecule has 0 saturated heterocycles. The molecule has 0 spiro atoms. The highest BCUT2D eigenvalue weighted by atomic mass is 19.1. The van der Waals surface area contributed by atoms with Crippen LogP contribution >= 0.6 is 0 Å². The van der Waals surface area contributed by atoms with E-state index in [9.17, 15) is 9.18 Å². The summed E-state index contributed by atoms with van der Waals surface area (Å²) in [6, 6.07) is 17.8. The van der Waals surface area contributed by atoms with E-state index in [1.165, 1.54) is 19.2 Å². The van der Waals surface area contributed by atoms with Gasteiger partial charge >= 0.3 is 5.97 Å². The lowest BCUT2D eigenvalue weighted by Crippen LogP contribution is -2.04. The average molecular weight is 363 g/mol. The Morgan fingerprint density at radius 3 is 2.44 bits per heavy atom. The monoisotopic (exact) mass is 363 g/mol. The van der Waals surface area contributed by atoms with Crippen LogP contribution in [0.2, 0.25) is 0 Å². The van der Waals surface area contributed by atoms with Crippen molar-refractivity contribution < 1.29 is 18.7 Å². The SMILES string of the molecule is COC(=O)c1ccc(OC)c2c1c1ccccc1n2Cc1ccc(F)cc1. The summed E-state index contributed by atoms with van der Waals surface area (Å²) >= 11 is 0. The molecule has 27 heavy (non-hydrogen) atoms. The summed E-state index contributed by atoms with van der Waals surface area (Å²) in [5.74, 6) is -0.00478. The Hall–Kier alpha value is -3.34. The first-order valence-electron chi connectivity index (χ1n) is 8.54. The number of hydrogen-bond donors (Lipinski definition) is 0. The number of nitrogens with zero attached hydrogens (tertiary/aromatic N) is 1. The van der Waals surface area contributed by atoms with Gasteiger partial charge in [0.15, 0.2) is 0 Å². The van der Waals surface area contributed by atoms with Crippen molar-refractivity contribution in [2.45, 2.75) is 6.54 Å². The molecule has 0 aliphatic carbocycles. The Morgan fingerprint density at radius 2 is 1.74 bits per heavy atom. The molecule has 0 bridgehead atoms. The van der Waals surface area contributed by atoms with Gasteiger partial charge in [-0.2, -0.15) is 0 Å². The van der Waals surface area contributed by atoms with Crippen molar-refractivity contribution in [3.05, 3.63) is 77.6 Å². The van der Waals surface area contributed by atoms with E-state index in [1.54, 1.807) is 31.4 Å². The number of para-hydroxylation sites is 1. The molecular formula is C22H18FNO3. The Labute approximate surface area is 155 Å². The van der Waals surface area contributed by atoms with Crippen LogP contribution in [0.1, 0.15) is 15.9 Å². The molecule has 0 fully saturated rings. The lowest BCUT2D eigenvalue weighted by Gasteiger charge is -2.12. The molecule has 0 atom stereocenters. The molecule has 1 heterocycles. The van der Waals surface area contributed by atoms with Gasteiger partial charge in [0, 0.05) is 22.8 Å². The van der Waals surface area contributed by atoms with Crippen LogP contribution in [-0.4, -0.2) is 24.8 Å². The first-order valence-corrected chi connectivity index (χ1v) is 8.54. The third-order valence-corrected chi connectivity index (χ3v) is 4.75.